The van der Waals surface area contributed by atoms with E-state index in [-0.39, 0.29) is 4.90 Å². The molecule has 0 saturated carbocycles. The first kappa shape index (κ1) is 16.1. The summed E-state index contributed by atoms with van der Waals surface area (Å²) in [6.45, 7) is 1.70. The summed E-state index contributed by atoms with van der Waals surface area (Å²) >= 11 is 0. The number of nitrogens with zero attached hydrogens (tertiary/aromatic N) is 2. The van der Waals surface area contributed by atoms with E-state index in [1.807, 2.05) is 0 Å². The highest BCUT2D eigenvalue weighted by Gasteiger charge is 2.16. The molecule has 4 aromatic rings. The summed E-state index contributed by atoms with van der Waals surface area (Å²) in [4.78, 5) is 20.6. The molecule has 9 nitrogen and oxygen atoms in total. The van der Waals surface area contributed by atoms with Crippen LogP contribution >= 0.6 is 0 Å². The molecule has 0 aliphatic rings. The minimum atomic E-state index is -3.84. The third kappa shape index (κ3) is 2.97. The number of nitrogens with one attached hydrogen (secondary N) is 3. The molecule has 132 valence electrons. The Hall–Kier alpha value is -3.40. The van der Waals surface area contributed by atoms with E-state index in [0.717, 1.165) is 0 Å². The van der Waals surface area contributed by atoms with Gasteiger partial charge < -0.3 is 14.5 Å². The van der Waals surface area contributed by atoms with Crippen LogP contribution in [0.1, 0.15) is 5.82 Å². The maximum atomic E-state index is 12.6. The Morgan fingerprint density at radius 2 is 1.88 bits per heavy atom. The largest absolute Gasteiger partial charge is 0.334 e. The van der Waals surface area contributed by atoms with E-state index in [0.29, 0.717) is 34.0 Å². The van der Waals surface area contributed by atoms with Gasteiger partial charge in [0.2, 0.25) is 0 Å². The van der Waals surface area contributed by atoms with Gasteiger partial charge >= 0.3 is 5.69 Å². The number of aromatic amines is 2. The van der Waals surface area contributed by atoms with Gasteiger partial charge in [0.05, 0.1) is 15.9 Å². The van der Waals surface area contributed by atoms with Crippen molar-refractivity contribution in [2.75, 3.05) is 4.72 Å². The molecule has 0 amide bonds. The van der Waals surface area contributed by atoms with Crippen molar-refractivity contribution in [3.8, 4) is 11.5 Å². The molecule has 2 aromatic heterocycles. The zero-order valence-corrected chi connectivity index (χ0v) is 14.3. The van der Waals surface area contributed by atoms with Gasteiger partial charge in [-0.05, 0) is 43.3 Å². The highest BCUT2D eigenvalue weighted by atomic mass is 32.2. The van der Waals surface area contributed by atoms with Crippen molar-refractivity contribution < 1.29 is 12.9 Å². The highest BCUT2D eigenvalue weighted by molar-refractivity contribution is 7.92. The molecule has 0 radical (unpaired) electrons. The second-order valence-corrected chi connectivity index (χ2v) is 7.30. The second kappa shape index (κ2) is 5.85. The fraction of sp³-hybridized carbons (Fsp3) is 0.0625. The smallest absolute Gasteiger partial charge is 0.323 e. The summed E-state index contributed by atoms with van der Waals surface area (Å²) in [6, 6.07) is 11.0. The fourth-order valence-electron chi connectivity index (χ4n) is 2.52. The van der Waals surface area contributed by atoms with E-state index in [2.05, 4.69) is 24.8 Å². The molecule has 0 unspecified atom stereocenters. The van der Waals surface area contributed by atoms with Crippen LogP contribution in [0.4, 0.5) is 5.69 Å². The number of rotatable bonds is 4. The molecule has 2 heterocycles. The van der Waals surface area contributed by atoms with Crippen LogP contribution in [0.3, 0.4) is 0 Å². The lowest BCUT2D eigenvalue weighted by Gasteiger charge is -2.09. The number of fused-ring (bicyclic) bond motifs is 1. The zero-order chi connectivity index (χ0) is 18.3. The third-order valence-electron chi connectivity index (χ3n) is 3.69. The third-order valence-corrected chi connectivity index (χ3v) is 5.07. The Kier molecular flexibility index (Phi) is 3.62. The van der Waals surface area contributed by atoms with Gasteiger partial charge in [0, 0.05) is 11.3 Å². The molecule has 0 spiro atoms. The molecule has 0 saturated heterocycles. The summed E-state index contributed by atoms with van der Waals surface area (Å²) < 4.78 is 32.9. The number of aryl methyl sites for hydroxylation is 1. The van der Waals surface area contributed by atoms with Gasteiger partial charge in [-0.1, -0.05) is 11.2 Å². The van der Waals surface area contributed by atoms with Crippen LogP contribution in [0, 0.1) is 6.92 Å². The lowest BCUT2D eigenvalue weighted by atomic mass is 10.2. The summed E-state index contributed by atoms with van der Waals surface area (Å²) in [6.07, 6.45) is 0. The summed E-state index contributed by atoms with van der Waals surface area (Å²) in [7, 11) is -3.84. The van der Waals surface area contributed by atoms with Gasteiger partial charge in [0.25, 0.3) is 15.9 Å². The second-order valence-electron chi connectivity index (χ2n) is 5.62. The summed E-state index contributed by atoms with van der Waals surface area (Å²) in [5, 5.41) is 3.72. The number of anilines is 1. The monoisotopic (exact) mass is 371 g/mol. The molecule has 3 N–H and O–H groups in total. The summed E-state index contributed by atoms with van der Waals surface area (Å²) in [5.74, 6) is 0.787. The lowest BCUT2D eigenvalue weighted by molar-refractivity contribution is 0.425. The minimum Gasteiger partial charge on any atom is -0.334 e. The molecule has 0 bridgehead atoms. The molecule has 10 heteroatoms. The maximum absolute atomic E-state index is 12.6. The van der Waals surface area contributed by atoms with Crippen LogP contribution in [0.5, 0.6) is 0 Å². The molecule has 4 rings (SSSR count). The number of aromatic nitrogens is 4. The SMILES string of the molecule is Cc1noc(-c2cccc(NS(=O)(=O)c3ccc4[nH]c(=O)[nH]c4c3)c2)n1. The van der Waals surface area contributed by atoms with Gasteiger partial charge in [-0.3, -0.25) is 4.72 Å². The Morgan fingerprint density at radius 1 is 1.08 bits per heavy atom. The molecule has 0 aliphatic heterocycles. The predicted molar refractivity (Wildman–Crippen MR) is 94.2 cm³/mol. The Labute approximate surface area is 147 Å². The first-order chi connectivity index (χ1) is 12.4. The van der Waals surface area contributed by atoms with Crippen molar-refractivity contribution in [3.05, 3.63) is 58.8 Å². The van der Waals surface area contributed by atoms with E-state index in [4.69, 9.17) is 4.52 Å². The number of imidazole rings is 1. The number of benzene rings is 2. The Balaban J connectivity index is 1.67. The van der Waals surface area contributed by atoms with E-state index in [1.165, 1.54) is 18.2 Å². The number of sulfonamides is 1. The highest BCUT2D eigenvalue weighted by Crippen LogP contribution is 2.24. The molecule has 0 fully saturated rings. The van der Waals surface area contributed by atoms with Crippen LogP contribution in [0.2, 0.25) is 0 Å². The van der Waals surface area contributed by atoms with Crippen LogP contribution in [0.15, 0.2) is 56.7 Å². The molecule has 2 aromatic carbocycles. The van der Waals surface area contributed by atoms with E-state index < -0.39 is 15.7 Å². The van der Waals surface area contributed by atoms with Crippen molar-refractivity contribution >= 4 is 26.7 Å². The van der Waals surface area contributed by atoms with Crippen LogP contribution in [-0.4, -0.2) is 28.5 Å². The quantitative estimate of drug-likeness (QED) is 0.502. The van der Waals surface area contributed by atoms with Crippen molar-refractivity contribution in [3.63, 3.8) is 0 Å². The molecule has 26 heavy (non-hydrogen) atoms. The maximum Gasteiger partial charge on any atom is 0.323 e. The van der Waals surface area contributed by atoms with Crippen LogP contribution < -0.4 is 10.4 Å². The topological polar surface area (TPSA) is 134 Å². The van der Waals surface area contributed by atoms with Crippen molar-refractivity contribution in [1.82, 2.24) is 20.1 Å². The van der Waals surface area contributed by atoms with Crippen molar-refractivity contribution in [2.24, 2.45) is 0 Å². The Morgan fingerprint density at radius 3 is 2.65 bits per heavy atom. The van der Waals surface area contributed by atoms with Crippen molar-refractivity contribution in [2.45, 2.75) is 11.8 Å². The molecule has 0 atom stereocenters. The average molecular weight is 371 g/mol. The number of hydrogen-bond acceptors (Lipinski definition) is 6. The van der Waals surface area contributed by atoms with Crippen LogP contribution in [0.25, 0.3) is 22.5 Å². The fourth-order valence-corrected chi connectivity index (χ4v) is 3.60. The molecular formula is C16H13N5O4S. The standard InChI is InChI=1S/C16H13N5O4S/c1-9-17-15(25-20-9)10-3-2-4-11(7-10)21-26(23,24)12-5-6-13-14(8-12)19-16(22)18-13/h2-8,21H,1H3,(H2,18,19,22). The van der Waals surface area contributed by atoms with E-state index in [1.54, 1.807) is 31.2 Å². The molecular weight excluding hydrogens is 358 g/mol. The van der Waals surface area contributed by atoms with E-state index in [9.17, 15) is 13.2 Å². The molecule has 0 aliphatic carbocycles. The number of hydrogen-bond donors (Lipinski definition) is 3. The minimum absolute atomic E-state index is 0.0271. The first-order valence-electron chi connectivity index (χ1n) is 7.56. The normalized spacial score (nSPS) is 11.7. The van der Waals surface area contributed by atoms with Gasteiger partial charge in [-0.25, -0.2) is 13.2 Å². The van der Waals surface area contributed by atoms with Gasteiger partial charge in [-0.2, -0.15) is 4.98 Å². The predicted octanol–water partition coefficient (Wildman–Crippen LogP) is 2.02. The van der Waals surface area contributed by atoms with Crippen molar-refractivity contribution in [1.29, 1.82) is 0 Å². The summed E-state index contributed by atoms with van der Waals surface area (Å²) in [5.41, 5.74) is 1.48. The van der Waals surface area contributed by atoms with Crippen LogP contribution in [-0.2, 0) is 10.0 Å². The van der Waals surface area contributed by atoms with E-state index >= 15 is 0 Å². The van der Waals surface area contributed by atoms with Gasteiger partial charge in [-0.15, -0.1) is 0 Å². The number of H-pyrrole nitrogens is 2. The van der Waals surface area contributed by atoms with Gasteiger partial charge in [0.1, 0.15) is 0 Å². The first-order valence-corrected chi connectivity index (χ1v) is 9.05. The lowest BCUT2D eigenvalue weighted by Crippen LogP contribution is -2.12. The zero-order valence-electron chi connectivity index (χ0n) is 13.5. The van der Waals surface area contributed by atoms with Gasteiger partial charge in [0.15, 0.2) is 5.82 Å². The Bertz CT molecular complexity index is 1270. The average Bonchev–Trinajstić information content (AvgIpc) is 3.18.